The lowest BCUT2D eigenvalue weighted by molar-refractivity contribution is -0.153. The Labute approximate surface area is 117 Å². The molecule has 1 aromatic rings. The summed E-state index contributed by atoms with van der Waals surface area (Å²) in [4.78, 5) is 24.0. The van der Waals surface area contributed by atoms with Crippen molar-refractivity contribution < 1.29 is 18.7 Å². The first-order chi connectivity index (χ1) is 9.70. The van der Waals surface area contributed by atoms with E-state index in [-0.39, 0.29) is 24.2 Å². The van der Waals surface area contributed by atoms with E-state index in [9.17, 15) is 9.59 Å². The van der Waals surface area contributed by atoms with E-state index in [1.54, 1.807) is 12.3 Å². The van der Waals surface area contributed by atoms with E-state index in [0.29, 0.717) is 12.3 Å². The van der Waals surface area contributed by atoms with Crippen LogP contribution in [0.4, 0.5) is 0 Å². The van der Waals surface area contributed by atoms with Gasteiger partial charge in [0, 0.05) is 0 Å². The van der Waals surface area contributed by atoms with Gasteiger partial charge in [0.2, 0.25) is 5.91 Å². The fraction of sp³-hybridized carbons (Fsp3) is 0.600. The Balaban J connectivity index is 1.67. The van der Waals surface area contributed by atoms with Crippen LogP contribution in [0.2, 0.25) is 0 Å². The first kappa shape index (κ1) is 13.2. The van der Waals surface area contributed by atoms with Crippen molar-refractivity contribution in [3.05, 3.63) is 24.2 Å². The standard InChI is InChI=1S/C15H19NO4/c17-13-9-12(15(20-13)6-2-1-3-7-15)14(18)16-10-11-5-4-8-19-11/h4-5,8,12H,1-3,6-7,9-10H2,(H,16,18)/t12-/m0/s1. The highest BCUT2D eigenvalue weighted by Crippen LogP contribution is 2.44. The Morgan fingerprint density at radius 1 is 1.35 bits per heavy atom. The summed E-state index contributed by atoms with van der Waals surface area (Å²) >= 11 is 0. The molecule has 0 bridgehead atoms. The SMILES string of the molecule is O=C1C[C@@H](C(=O)NCc2ccco2)C2(CCCCC2)O1. The third kappa shape index (κ3) is 2.44. The number of carbonyl (C=O) groups excluding carboxylic acids is 2. The Morgan fingerprint density at radius 3 is 2.85 bits per heavy atom. The van der Waals surface area contributed by atoms with E-state index in [1.165, 1.54) is 0 Å². The Bertz CT molecular complexity index is 488. The topological polar surface area (TPSA) is 68.5 Å². The van der Waals surface area contributed by atoms with Gasteiger partial charge < -0.3 is 14.5 Å². The van der Waals surface area contributed by atoms with Crippen molar-refractivity contribution in [2.24, 2.45) is 5.92 Å². The molecule has 1 N–H and O–H groups in total. The van der Waals surface area contributed by atoms with E-state index >= 15 is 0 Å². The highest BCUT2D eigenvalue weighted by molar-refractivity contribution is 5.87. The molecule has 1 saturated heterocycles. The van der Waals surface area contributed by atoms with Crippen molar-refractivity contribution in [2.45, 2.75) is 50.7 Å². The van der Waals surface area contributed by atoms with Crippen LogP contribution in [-0.4, -0.2) is 17.5 Å². The van der Waals surface area contributed by atoms with Gasteiger partial charge in [-0.15, -0.1) is 0 Å². The van der Waals surface area contributed by atoms with Gasteiger partial charge in [0.1, 0.15) is 11.4 Å². The van der Waals surface area contributed by atoms with Crippen LogP contribution in [0.1, 0.15) is 44.3 Å². The third-order valence-corrected chi connectivity index (χ3v) is 4.36. The predicted octanol–water partition coefficient (Wildman–Crippen LogP) is 2.16. The minimum Gasteiger partial charge on any atom is -0.467 e. The second-order valence-corrected chi connectivity index (χ2v) is 5.65. The molecule has 1 aliphatic carbocycles. The molecule has 1 aliphatic heterocycles. The summed E-state index contributed by atoms with van der Waals surface area (Å²) in [5, 5.41) is 2.85. The second-order valence-electron chi connectivity index (χ2n) is 5.65. The molecule has 0 unspecified atom stereocenters. The smallest absolute Gasteiger partial charge is 0.307 e. The molecule has 0 radical (unpaired) electrons. The maximum Gasteiger partial charge on any atom is 0.307 e. The summed E-state index contributed by atoms with van der Waals surface area (Å²) in [5.74, 6) is 0.00532. The largest absolute Gasteiger partial charge is 0.467 e. The molecule has 1 atom stereocenters. The molecule has 2 fully saturated rings. The molecule has 1 aromatic heterocycles. The molecule has 108 valence electrons. The van der Waals surface area contributed by atoms with Gasteiger partial charge in [-0.25, -0.2) is 0 Å². The molecule has 2 aliphatic rings. The fourth-order valence-electron chi connectivity index (χ4n) is 3.34. The molecule has 1 amide bonds. The van der Waals surface area contributed by atoms with Gasteiger partial charge in [0.15, 0.2) is 0 Å². The van der Waals surface area contributed by atoms with E-state index in [1.807, 2.05) is 6.07 Å². The monoisotopic (exact) mass is 277 g/mol. The number of rotatable bonds is 3. The number of hydrogen-bond acceptors (Lipinski definition) is 4. The molecule has 5 heteroatoms. The number of carbonyl (C=O) groups is 2. The van der Waals surface area contributed by atoms with Crippen molar-refractivity contribution in [2.75, 3.05) is 0 Å². The van der Waals surface area contributed by atoms with E-state index in [4.69, 9.17) is 9.15 Å². The maximum atomic E-state index is 12.4. The van der Waals surface area contributed by atoms with Crippen LogP contribution < -0.4 is 5.32 Å². The Kier molecular flexibility index (Phi) is 3.51. The predicted molar refractivity (Wildman–Crippen MR) is 70.6 cm³/mol. The molecule has 1 saturated carbocycles. The van der Waals surface area contributed by atoms with E-state index in [2.05, 4.69) is 5.32 Å². The molecule has 5 nitrogen and oxygen atoms in total. The van der Waals surface area contributed by atoms with Crippen LogP contribution >= 0.6 is 0 Å². The summed E-state index contributed by atoms with van der Waals surface area (Å²) < 4.78 is 10.7. The average molecular weight is 277 g/mol. The van der Waals surface area contributed by atoms with Gasteiger partial charge in [-0.3, -0.25) is 9.59 Å². The molecule has 0 aromatic carbocycles. The normalized spacial score (nSPS) is 24.6. The van der Waals surface area contributed by atoms with E-state index in [0.717, 1.165) is 32.1 Å². The van der Waals surface area contributed by atoms with Crippen LogP contribution in [0.3, 0.4) is 0 Å². The highest BCUT2D eigenvalue weighted by atomic mass is 16.6. The van der Waals surface area contributed by atoms with E-state index < -0.39 is 5.60 Å². The number of ether oxygens (including phenoxy) is 1. The fourth-order valence-corrected chi connectivity index (χ4v) is 3.34. The summed E-state index contributed by atoms with van der Waals surface area (Å²) in [6.45, 7) is 0.354. The Morgan fingerprint density at radius 2 is 2.15 bits per heavy atom. The number of amides is 1. The first-order valence-corrected chi connectivity index (χ1v) is 7.22. The zero-order valence-corrected chi connectivity index (χ0v) is 11.4. The van der Waals surface area contributed by atoms with Gasteiger partial charge in [-0.05, 0) is 37.8 Å². The van der Waals surface area contributed by atoms with Gasteiger partial charge in [-0.2, -0.15) is 0 Å². The molecular weight excluding hydrogens is 258 g/mol. The van der Waals surface area contributed by atoms with Gasteiger partial charge in [0.25, 0.3) is 0 Å². The minimum atomic E-state index is -0.553. The number of esters is 1. The quantitative estimate of drug-likeness (QED) is 0.860. The van der Waals surface area contributed by atoms with Crippen molar-refractivity contribution >= 4 is 11.9 Å². The molecule has 3 rings (SSSR count). The molecule has 2 heterocycles. The lowest BCUT2D eigenvalue weighted by Gasteiger charge is -2.35. The number of nitrogens with one attached hydrogen (secondary N) is 1. The lowest BCUT2D eigenvalue weighted by Crippen LogP contribution is -2.45. The summed E-state index contributed by atoms with van der Waals surface area (Å²) in [6.07, 6.45) is 6.58. The zero-order chi connectivity index (χ0) is 14.0. The van der Waals surface area contributed by atoms with Crippen LogP contribution in [0.25, 0.3) is 0 Å². The van der Waals surface area contributed by atoms with Crippen LogP contribution in [-0.2, 0) is 20.9 Å². The van der Waals surface area contributed by atoms with Crippen molar-refractivity contribution in [1.29, 1.82) is 0 Å². The molecule has 1 spiro atoms. The molecule has 20 heavy (non-hydrogen) atoms. The van der Waals surface area contributed by atoms with Crippen LogP contribution in [0.15, 0.2) is 22.8 Å². The summed E-state index contributed by atoms with van der Waals surface area (Å²) in [7, 11) is 0. The highest BCUT2D eigenvalue weighted by Gasteiger charge is 2.52. The maximum absolute atomic E-state index is 12.4. The zero-order valence-electron chi connectivity index (χ0n) is 11.4. The van der Waals surface area contributed by atoms with Crippen LogP contribution in [0, 0.1) is 5.92 Å². The second kappa shape index (κ2) is 5.31. The first-order valence-electron chi connectivity index (χ1n) is 7.22. The molecular formula is C15H19NO4. The van der Waals surface area contributed by atoms with Gasteiger partial charge in [-0.1, -0.05) is 6.42 Å². The van der Waals surface area contributed by atoms with Crippen molar-refractivity contribution in [3.8, 4) is 0 Å². The van der Waals surface area contributed by atoms with Gasteiger partial charge in [0.05, 0.1) is 25.1 Å². The third-order valence-electron chi connectivity index (χ3n) is 4.36. The van der Waals surface area contributed by atoms with Crippen LogP contribution in [0.5, 0.6) is 0 Å². The van der Waals surface area contributed by atoms with Gasteiger partial charge >= 0.3 is 5.97 Å². The van der Waals surface area contributed by atoms with Crippen molar-refractivity contribution in [3.63, 3.8) is 0 Å². The average Bonchev–Trinajstić information content (AvgIpc) is 3.05. The van der Waals surface area contributed by atoms with Crippen molar-refractivity contribution in [1.82, 2.24) is 5.32 Å². The summed E-state index contributed by atoms with van der Waals surface area (Å²) in [5.41, 5.74) is -0.553. The Hall–Kier alpha value is -1.78. The number of hydrogen-bond donors (Lipinski definition) is 1. The minimum absolute atomic E-state index is 0.103. The lowest BCUT2D eigenvalue weighted by atomic mass is 9.75. The number of furan rings is 1. The summed E-state index contributed by atoms with van der Waals surface area (Å²) in [6, 6.07) is 3.60.